The van der Waals surface area contributed by atoms with Crippen LogP contribution in [0.3, 0.4) is 0 Å². The van der Waals surface area contributed by atoms with Crippen molar-refractivity contribution >= 4 is 33.2 Å². The Morgan fingerprint density at radius 1 is 1.45 bits per heavy atom. The molecule has 29 heavy (non-hydrogen) atoms. The number of anilines is 2. The van der Waals surface area contributed by atoms with Crippen molar-refractivity contribution in [2.45, 2.75) is 17.4 Å². The van der Waals surface area contributed by atoms with E-state index in [1.165, 1.54) is 30.7 Å². The lowest BCUT2D eigenvalue weighted by atomic mass is 9.96. The molecule has 1 saturated heterocycles. The summed E-state index contributed by atoms with van der Waals surface area (Å²) in [5.41, 5.74) is 0.666. The molecule has 1 aliphatic heterocycles. The van der Waals surface area contributed by atoms with Crippen LogP contribution in [0, 0.1) is 23.1 Å². The first-order chi connectivity index (χ1) is 14.0. The summed E-state index contributed by atoms with van der Waals surface area (Å²) < 4.78 is 32.8. The summed E-state index contributed by atoms with van der Waals surface area (Å²) in [5, 5.41) is 17.4. The molecule has 0 spiro atoms. The van der Waals surface area contributed by atoms with Gasteiger partial charge in [0, 0.05) is 24.7 Å². The topological polar surface area (TPSA) is 113 Å². The summed E-state index contributed by atoms with van der Waals surface area (Å²) in [7, 11) is -1.51. The third kappa shape index (κ3) is 3.54. The Balaban J connectivity index is 1.82. The number of fused-ring (bicyclic) bond motifs is 1. The number of hydrogen-bond donors (Lipinski definition) is 2. The standard InChI is InChI=1S/C19H18FN5O3S/c1-29(27)16-8-12(2-3-13(16)20)23-18-17-14(4-6-22-19(17)26)25(24-18)15-10-28-7-5-11(15)9-21/h2-4,6,8,11,15H,5,7,10H2,1H3,(H,22,26)(H,23,24). The molecule has 10 heteroatoms. The maximum Gasteiger partial charge on any atom is 0.261 e. The van der Waals surface area contributed by atoms with Gasteiger partial charge in [0.05, 0.1) is 45.8 Å². The molecule has 3 aromatic rings. The number of aromatic nitrogens is 3. The molecular weight excluding hydrogens is 397 g/mol. The number of ether oxygens (including phenoxy) is 1. The Bertz CT molecular complexity index is 1200. The molecule has 2 aromatic heterocycles. The second-order valence-electron chi connectivity index (χ2n) is 6.75. The van der Waals surface area contributed by atoms with Crippen LogP contribution in [-0.4, -0.2) is 38.4 Å². The van der Waals surface area contributed by atoms with Crippen LogP contribution in [0.4, 0.5) is 15.9 Å². The summed E-state index contributed by atoms with van der Waals surface area (Å²) in [6.07, 6.45) is 3.49. The van der Waals surface area contributed by atoms with Crippen molar-refractivity contribution in [3.8, 4) is 6.07 Å². The predicted octanol–water partition coefficient (Wildman–Crippen LogP) is 2.45. The van der Waals surface area contributed by atoms with Gasteiger partial charge in [0.2, 0.25) is 0 Å². The first-order valence-electron chi connectivity index (χ1n) is 8.97. The first kappa shape index (κ1) is 19.3. The minimum Gasteiger partial charge on any atom is -0.379 e. The smallest absolute Gasteiger partial charge is 0.261 e. The monoisotopic (exact) mass is 415 g/mol. The fourth-order valence-electron chi connectivity index (χ4n) is 3.49. The highest BCUT2D eigenvalue weighted by atomic mass is 32.2. The number of nitriles is 1. The average molecular weight is 415 g/mol. The highest BCUT2D eigenvalue weighted by Crippen LogP contribution is 2.32. The minimum absolute atomic E-state index is 0.0536. The van der Waals surface area contributed by atoms with Crippen LogP contribution in [0.2, 0.25) is 0 Å². The van der Waals surface area contributed by atoms with Crippen molar-refractivity contribution < 1.29 is 13.3 Å². The van der Waals surface area contributed by atoms with Gasteiger partial charge in [-0.2, -0.15) is 10.4 Å². The van der Waals surface area contributed by atoms with Crippen LogP contribution >= 0.6 is 0 Å². The van der Waals surface area contributed by atoms with Crippen LogP contribution in [-0.2, 0) is 15.5 Å². The second kappa shape index (κ2) is 7.77. The van der Waals surface area contributed by atoms with Crippen LogP contribution in [0.15, 0.2) is 40.2 Å². The van der Waals surface area contributed by atoms with Crippen LogP contribution in [0.1, 0.15) is 12.5 Å². The predicted molar refractivity (Wildman–Crippen MR) is 106 cm³/mol. The fourth-order valence-corrected chi connectivity index (χ4v) is 4.13. The first-order valence-corrected chi connectivity index (χ1v) is 10.5. The number of nitrogens with one attached hydrogen (secondary N) is 2. The van der Waals surface area contributed by atoms with Crippen molar-refractivity contribution in [2.75, 3.05) is 24.8 Å². The van der Waals surface area contributed by atoms with E-state index in [4.69, 9.17) is 4.74 Å². The summed E-state index contributed by atoms with van der Waals surface area (Å²) in [5.74, 6) is -0.594. The molecule has 0 saturated carbocycles. The van der Waals surface area contributed by atoms with E-state index in [0.717, 1.165) is 0 Å². The third-order valence-corrected chi connectivity index (χ3v) is 5.87. The summed E-state index contributed by atoms with van der Waals surface area (Å²) >= 11 is 0. The van der Waals surface area contributed by atoms with Gasteiger partial charge in [0.1, 0.15) is 11.2 Å². The Morgan fingerprint density at radius 2 is 2.28 bits per heavy atom. The molecule has 1 fully saturated rings. The van der Waals surface area contributed by atoms with Crippen molar-refractivity contribution in [1.29, 1.82) is 5.26 Å². The minimum atomic E-state index is -1.51. The molecule has 150 valence electrons. The molecule has 0 radical (unpaired) electrons. The van der Waals surface area contributed by atoms with Crippen molar-refractivity contribution in [1.82, 2.24) is 14.8 Å². The summed E-state index contributed by atoms with van der Waals surface area (Å²) in [4.78, 5) is 15.2. The number of halogens is 1. The Morgan fingerprint density at radius 3 is 3.03 bits per heavy atom. The van der Waals surface area contributed by atoms with Crippen LogP contribution in [0.25, 0.3) is 10.9 Å². The van der Waals surface area contributed by atoms with Gasteiger partial charge in [-0.3, -0.25) is 13.7 Å². The highest BCUT2D eigenvalue weighted by Gasteiger charge is 2.30. The molecule has 4 rings (SSSR count). The number of rotatable bonds is 4. The van der Waals surface area contributed by atoms with Gasteiger partial charge in [0.25, 0.3) is 5.56 Å². The van der Waals surface area contributed by atoms with Gasteiger partial charge in [0.15, 0.2) is 5.82 Å². The van der Waals surface area contributed by atoms with Gasteiger partial charge in [-0.15, -0.1) is 0 Å². The van der Waals surface area contributed by atoms with Crippen molar-refractivity contribution in [3.63, 3.8) is 0 Å². The van der Waals surface area contributed by atoms with E-state index >= 15 is 0 Å². The van der Waals surface area contributed by atoms with E-state index in [9.17, 15) is 18.7 Å². The maximum atomic E-state index is 13.9. The Labute approximate surface area is 167 Å². The molecule has 3 heterocycles. The quantitative estimate of drug-likeness (QED) is 0.677. The normalized spacial score (nSPS) is 20.3. The number of benzene rings is 1. The van der Waals surface area contributed by atoms with E-state index in [-0.39, 0.29) is 28.2 Å². The number of pyridine rings is 1. The zero-order valence-corrected chi connectivity index (χ0v) is 16.3. The fraction of sp³-hybridized carbons (Fsp3) is 0.316. The molecule has 1 aromatic carbocycles. The molecule has 2 N–H and O–H groups in total. The zero-order chi connectivity index (χ0) is 20.5. The molecule has 0 amide bonds. The lowest BCUT2D eigenvalue weighted by Crippen LogP contribution is -2.30. The number of aromatic amines is 1. The van der Waals surface area contributed by atoms with Gasteiger partial charge < -0.3 is 15.0 Å². The lowest BCUT2D eigenvalue weighted by molar-refractivity contribution is 0.0359. The molecule has 3 atom stereocenters. The van der Waals surface area contributed by atoms with E-state index in [1.807, 2.05) is 0 Å². The third-order valence-electron chi connectivity index (χ3n) is 4.94. The molecule has 0 aliphatic carbocycles. The number of H-pyrrole nitrogens is 1. The van der Waals surface area contributed by atoms with E-state index in [2.05, 4.69) is 21.5 Å². The molecule has 8 nitrogen and oxygen atoms in total. The lowest BCUT2D eigenvalue weighted by Gasteiger charge is -2.27. The molecule has 1 aliphatic rings. The zero-order valence-electron chi connectivity index (χ0n) is 15.5. The Hall–Kier alpha value is -3.03. The summed E-state index contributed by atoms with van der Waals surface area (Å²) in [6.45, 7) is 0.822. The molecule has 3 unspecified atom stereocenters. The van der Waals surface area contributed by atoms with Gasteiger partial charge >= 0.3 is 0 Å². The van der Waals surface area contributed by atoms with Crippen molar-refractivity contribution in [3.05, 3.63) is 46.6 Å². The van der Waals surface area contributed by atoms with E-state index in [0.29, 0.717) is 36.2 Å². The van der Waals surface area contributed by atoms with Crippen molar-refractivity contribution in [2.24, 2.45) is 5.92 Å². The van der Waals surface area contributed by atoms with Crippen LogP contribution < -0.4 is 10.9 Å². The van der Waals surface area contributed by atoms with Gasteiger partial charge in [-0.25, -0.2) is 4.39 Å². The van der Waals surface area contributed by atoms with Gasteiger partial charge in [-0.1, -0.05) is 0 Å². The largest absolute Gasteiger partial charge is 0.379 e. The van der Waals surface area contributed by atoms with E-state index in [1.54, 1.807) is 10.7 Å². The average Bonchev–Trinajstić information content (AvgIpc) is 3.08. The molecular formula is C19H18FN5O3S. The highest BCUT2D eigenvalue weighted by molar-refractivity contribution is 7.84. The Kier molecular flexibility index (Phi) is 5.17. The maximum absolute atomic E-state index is 13.9. The van der Waals surface area contributed by atoms with Gasteiger partial charge in [-0.05, 0) is 30.7 Å². The number of nitrogens with zero attached hydrogens (tertiary/aromatic N) is 3. The molecule has 0 bridgehead atoms. The SMILES string of the molecule is CS(=O)c1cc(Nc2nn(C3COCCC3C#N)c3cc[nH]c(=O)c23)ccc1F. The number of hydrogen-bond acceptors (Lipinski definition) is 6. The summed E-state index contributed by atoms with van der Waals surface area (Å²) in [6, 6.07) is 7.80. The van der Waals surface area contributed by atoms with E-state index < -0.39 is 16.6 Å². The second-order valence-corrected chi connectivity index (χ2v) is 8.10. The van der Waals surface area contributed by atoms with Crippen LogP contribution in [0.5, 0.6) is 0 Å².